The van der Waals surface area contributed by atoms with Gasteiger partial charge in [0.1, 0.15) is 5.70 Å². The molecule has 0 saturated carbocycles. The monoisotopic (exact) mass is 408 g/mol. The Bertz CT molecular complexity index is 1030. The molecule has 0 bridgehead atoms. The van der Waals surface area contributed by atoms with Crippen LogP contribution in [0.5, 0.6) is 0 Å². The summed E-state index contributed by atoms with van der Waals surface area (Å²) >= 11 is 0. The van der Waals surface area contributed by atoms with Crippen molar-refractivity contribution in [3.8, 4) is 0 Å². The molecule has 2 aromatic rings. The summed E-state index contributed by atoms with van der Waals surface area (Å²) in [7, 11) is 0. The number of hydrogen-bond donors (Lipinski definition) is 2. The first kappa shape index (κ1) is 20.8. The van der Waals surface area contributed by atoms with E-state index in [2.05, 4.69) is 5.32 Å². The summed E-state index contributed by atoms with van der Waals surface area (Å²) in [6, 6.07) is 16.7. The third-order valence-corrected chi connectivity index (χ3v) is 4.75. The highest BCUT2D eigenvalue weighted by Gasteiger charge is 2.58. The van der Waals surface area contributed by atoms with Gasteiger partial charge in [0.2, 0.25) is 0 Å². The molecule has 0 radical (unpaired) electrons. The summed E-state index contributed by atoms with van der Waals surface area (Å²) in [5.41, 5.74) is -1.96. The van der Waals surface area contributed by atoms with Crippen molar-refractivity contribution in [2.45, 2.75) is 19.4 Å². The van der Waals surface area contributed by atoms with E-state index in [4.69, 9.17) is 4.74 Å². The van der Waals surface area contributed by atoms with Gasteiger partial charge in [0.05, 0.1) is 12.2 Å². The predicted molar refractivity (Wildman–Crippen MR) is 109 cm³/mol. The number of aliphatic carboxylic acids is 1. The summed E-state index contributed by atoms with van der Waals surface area (Å²) < 4.78 is 5.15. The van der Waals surface area contributed by atoms with Crippen molar-refractivity contribution in [3.63, 3.8) is 0 Å². The number of benzene rings is 2. The van der Waals surface area contributed by atoms with E-state index in [1.165, 1.54) is 6.92 Å². The highest BCUT2D eigenvalue weighted by atomic mass is 16.5. The van der Waals surface area contributed by atoms with Crippen molar-refractivity contribution in [2.75, 3.05) is 16.8 Å². The lowest BCUT2D eigenvalue weighted by molar-refractivity contribution is -0.151. The number of para-hydroxylation sites is 2. The second-order valence-electron chi connectivity index (χ2n) is 6.64. The van der Waals surface area contributed by atoms with E-state index in [9.17, 15) is 24.3 Å². The number of amides is 1. The number of nitrogens with one attached hydrogen (secondary N) is 1. The molecule has 0 aromatic heterocycles. The van der Waals surface area contributed by atoms with E-state index >= 15 is 0 Å². The van der Waals surface area contributed by atoms with Crippen LogP contribution in [0.25, 0.3) is 0 Å². The Balaban J connectivity index is 2.26. The molecular formula is C22H20N2O6. The Morgan fingerprint density at radius 1 is 1.03 bits per heavy atom. The fourth-order valence-corrected chi connectivity index (χ4v) is 3.42. The SMILES string of the molecule is CCOC(=O)[C@]1(C)C(C(=O)C(=O)O)=C(Nc2ccccc2)C(=O)N1c1ccccc1. The largest absolute Gasteiger partial charge is 0.475 e. The minimum atomic E-state index is -1.97. The third kappa shape index (κ3) is 3.43. The van der Waals surface area contributed by atoms with Crippen LogP contribution in [0, 0.1) is 0 Å². The third-order valence-electron chi connectivity index (χ3n) is 4.75. The number of esters is 1. The van der Waals surface area contributed by atoms with Crippen LogP contribution in [0.3, 0.4) is 0 Å². The second kappa shape index (κ2) is 8.20. The van der Waals surface area contributed by atoms with E-state index in [1.54, 1.807) is 67.6 Å². The van der Waals surface area contributed by atoms with Crippen molar-refractivity contribution in [2.24, 2.45) is 0 Å². The van der Waals surface area contributed by atoms with Gasteiger partial charge in [-0.15, -0.1) is 0 Å². The summed E-state index contributed by atoms with van der Waals surface area (Å²) in [5, 5.41) is 12.2. The van der Waals surface area contributed by atoms with Gasteiger partial charge in [0.25, 0.3) is 11.7 Å². The molecular weight excluding hydrogens is 388 g/mol. The van der Waals surface area contributed by atoms with Crippen molar-refractivity contribution in [3.05, 3.63) is 71.9 Å². The first-order valence-corrected chi connectivity index (χ1v) is 9.23. The first-order chi connectivity index (χ1) is 14.3. The molecule has 3 rings (SSSR count). The molecule has 8 nitrogen and oxygen atoms in total. The molecule has 0 unspecified atom stereocenters. The molecule has 8 heteroatoms. The predicted octanol–water partition coefficient (Wildman–Crippen LogP) is 2.37. The molecule has 1 heterocycles. The average molecular weight is 408 g/mol. The van der Waals surface area contributed by atoms with Crippen LogP contribution in [0.2, 0.25) is 0 Å². The number of carboxylic acid groups (broad SMARTS) is 1. The summed E-state index contributed by atoms with van der Waals surface area (Å²) in [5.74, 6) is -4.77. The van der Waals surface area contributed by atoms with Crippen molar-refractivity contribution < 1.29 is 29.0 Å². The Morgan fingerprint density at radius 2 is 1.60 bits per heavy atom. The highest BCUT2D eigenvalue weighted by molar-refractivity contribution is 6.44. The lowest BCUT2D eigenvalue weighted by Gasteiger charge is -2.34. The molecule has 0 spiro atoms. The van der Waals surface area contributed by atoms with Gasteiger partial charge in [0.15, 0.2) is 5.54 Å². The molecule has 1 amide bonds. The molecule has 1 atom stereocenters. The molecule has 30 heavy (non-hydrogen) atoms. The quantitative estimate of drug-likeness (QED) is 0.534. The van der Waals surface area contributed by atoms with Gasteiger partial charge < -0.3 is 15.2 Å². The topological polar surface area (TPSA) is 113 Å². The van der Waals surface area contributed by atoms with E-state index < -0.39 is 34.7 Å². The van der Waals surface area contributed by atoms with Crippen molar-refractivity contribution in [1.29, 1.82) is 0 Å². The van der Waals surface area contributed by atoms with Crippen molar-refractivity contribution in [1.82, 2.24) is 0 Å². The zero-order valence-corrected chi connectivity index (χ0v) is 16.4. The van der Waals surface area contributed by atoms with Crippen molar-refractivity contribution >= 4 is 35.0 Å². The fraction of sp³-hybridized carbons (Fsp3) is 0.182. The van der Waals surface area contributed by atoms with E-state index in [0.29, 0.717) is 11.4 Å². The van der Waals surface area contributed by atoms with E-state index in [0.717, 1.165) is 4.90 Å². The Labute approximate surface area is 172 Å². The number of anilines is 2. The van der Waals surface area contributed by atoms with Gasteiger partial charge in [0, 0.05) is 11.4 Å². The van der Waals surface area contributed by atoms with Crippen LogP contribution in [0.15, 0.2) is 71.9 Å². The summed E-state index contributed by atoms with van der Waals surface area (Å²) in [4.78, 5) is 51.8. The average Bonchev–Trinajstić information content (AvgIpc) is 2.96. The zero-order valence-electron chi connectivity index (χ0n) is 16.4. The maximum absolute atomic E-state index is 13.4. The zero-order chi connectivity index (χ0) is 21.9. The van der Waals surface area contributed by atoms with Crippen LogP contribution in [0.1, 0.15) is 13.8 Å². The smallest absolute Gasteiger partial charge is 0.377 e. The maximum Gasteiger partial charge on any atom is 0.377 e. The Hall–Kier alpha value is -3.94. The number of carbonyl (C=O) groups is 4. The lowest BCUT2D eigenvalue weighted by Crippen LogP contribution is -2.55. The van der Waals surface area contributed by atoms with Crippen LogP contribution in [-0.4, -0.2) is 40.9 Å². The Kier molecular flexibility index (Phi) is 5.68. The van der Waals surface area contributed by atoms with Gasteiger partial charge in [-0.3, -0.25) is 14.5 Å². The van der Waals surface area contributed by atoms with Gasteiger partial charge in [-0.1, -0.05) is 36.4 Å². The van der Waals surface area contributed by atoms with Crippen LogP contribution in [0.4, 0.5) is 11.4 Å². The standard InChI is InChI=1S/C22H20N2O6/c1-3-30-21(29)22(2)16(18(25)20(27)28)17(23-14-10-6-4-7-11-14)19(26)24(22)15-12-8-5-9-13-15/h4-13,23H,3H2,1-2H3,(H,27,28)/t22-/m0/s1. The minimum absolute atomic E-state index is 0.0127. The molecule has 0 fully saturated rings. The first-order valence-electron chi connectivity index (χ1n) is 9.23. The molecule has 2 N–H and O–H groups in total. The summed E-state index contributed by atoms with van der Waals surface area (Å²) in [6.45, 7) is 2.88. The van der Waals surface area contributed by atoms with Gasteiger partial charge >= 0.3 is 11.9 Å². The van der Waals surface area contributed by atoms with Gasteiger partial charge in [-0.05, 0) is 38.1 Å². The van der Waals surface area contributed by atoms with Crippen LogP contribution >= 0.6 is 0 Å². The number of hydrogen-bond acceptors (Lipinski definition) is 6. The molecule has 2 aromatic carbocycles. The summed E-state index contributed by atoms with van der Waals surface area (Å²) in [6.07, 6.45) is 0. The van der Waals surface area contributed by atoms with E-state index in [-0.39, 0.29) is 12.3 Å². The number of Topliss-reactive ketones (excluding diaryl/α,β-unsaturated/α-hetero) is 1. The molecule has 1 aliphatic heterocycles. The lowest BCUT2D eigenvalue weighted by atomic mass is 9.88. The normalized spacial score (nSPS) is 18.3. The number of nitrogens with zero attached hydrogens (tertiary/aromatic N) is 1. The molecule has 154 valence electrons. The number of carboxylic acids is 1. The molecule has 0 saturated heterocycles. The van der Waals surface area contributed by atoms with Crippen LogP contribution < -0.4 is 10.2 Å². The number of carbonyl (C=O) groups excluding carboxylic acids is 3. The number of ether oxygens (including phenoxy) is 1. The fourth-order valence-electron chi connectivity index (χ4n) is 3.42. The number of rotatable bonds is 7. The Morgan fingerprint density at radius 3 is 2.13 bits per heavy atom. The van der Waals surface area contributed by atoms with Gasteiger partial charge in [-0.25, -0.2) is 9.59 Å². The second-order valence-corrected chi connectivity index (χ2v) is 6.64. The van der Waals surface area contributed by atoms with Crippen LogP contribution in [-0.2, 0) is 23.9 Å². The molecule has 1 aliphatic rings. The number of ketones is 1. The highest BCUT2D eigenvalue weighted by Crippen LogP contribution is 2.41. The minimum Gasteiger partial charge on any atom is -0.475 e. The molecule has 0 aliphatic carbocycles. The maximum atomic E-state index is 13.4. The van der Waals surface area contributed by atoms with Gasteiger partial charge in [-0.2, -0.15) is 0 Å². The van der Waals surface area contributed by atoms with E-state index in [1.807, 2.05) is 0 Å².